The fourth-order valence-electron chi connectivity index (χ4n) is 2.67. The molecule has 1 aliphatic heterocycles. The van der Waals surface area contributed by atoms with Gasteiger partial charge in [-0.05, 0) is 37.5 Å². The van der Waals surface area contributed by atoms with E-state index < -0.39 is 0 Å². The van der Waals surface area contributed by atoms with E-state index in [9.17, 15) is 0 Å². The molecule has 1 fully saturated rings. The maximum absolute atomic E-state index is 6.10. The quantitative estimate of drug-likeness (QED) is 0.828. The van der Waals surface area contributed by atoms with Crippen LogP contribution < -0.4 is 10.6 Å². The van der Waals surface area contributed by atoms with Crippen LogP contribution in [0.3, 0.4) is 0 Å². The Hall–Kier alpha value is -0.890. The van der Waals surface area contributed by atoms with E-state index in [4.69, 9.17) is 17.3 Å². The minimum atomic E-state index is 0.514. The van der Waals surface area contributed by atoms with Crippen molar-refractivity contribution in [3.05, 3.63) is 22.7 Å². The van der Waals surface area contributed by atoms with E-state index in [1.54, 1.807) is 0 Å². The summed E-state index contributed by atoms with van der Waals surface area (Å²) in [5.41, 5.74) is 9.44. The van der Waals surface area contributed by atoms with Crippen LogP contribution in [-0.4, -0.2) is 13.1 Å². The Bertz CT molecular complexity index is 416. The summed E-state index contributed by atoms with van der Waals surface area (Å²) in [5, 5.41) is 0.663. The van der Waals surface area contributed by atoms with Gasteiger partial charge in [0.25, 0.3) is 0 Å². The van der Waals surface area contributed by atoms with Gasteiger partial charge >= 0.3 is 0 Å². The van der Waals surface area contributed by atoms with E-state index in [0.29, 0.717) is 16.1 Å². The van der Waals surface area contributed by atoms with Crippen molar-refractivity contribution < 1.29 is 0 Å². The van der Waals surface area contributed by atoms with Gasteiger partial charge in [0.2, 0.25) is 0 Å². The van der Waals surface area contributed by atoms with Gasteiger partial charge in [-0.3, -0.25) is 0 Å². The zero-order chi connectivity index (χ0) is 12.6. The van der Waals surface area contributed by atoms with Crippen LogP contribution in [0.1, 0.15) is 32.3 Å². The number of hydrogen-bond donors (Lipinski definition) is 1. The third kappa shape index (κ3) is 2.11. The third-order valence-electron chi connectivity index (χ3n) is 4.21. The first-order chi connectivity index (χ1) is 8.01. The SMILES string of the molecule is CCC1(CC)CN(c2cc(Cl)c(N)cc2C)C1. The smallest absolute Gasteiger partial charge is 0.0656 e. The Morgan fingerprint density at radius 1 is 1.29 bits per heavy atom. The van der Waals surface area contributed by atoms with Gasteiger partial charge in [-0.25, -0.2) is 0 Å². The predicted molar refractivity (Wildman–Crippen MR) is 75.8 cm³/mol. The Labute approximate surface area is 109 Å². The van der Waals surface area contributed by atoms with Crippen LogP contribution >= 0.6 is 11.6 Å². The second kappa shape index (κ2) is 4.41. The molecule has 0 aromatic heterocycles. The third-order valence-corrected chi connectivity index (χ3v) is 4.54. The maximum atomic E-state index is 6.10. The van der Waals surface area contributed by atoms with Crippen molar-refractivity contribution in [1.82, 2.24) is 0 Å². The molecule has 2 N–H and O–H groups in total. The molecular formula is C14H21ClN2. The van der Waals surface area contributed by atoms with E-state index >= 15 is 0 Å². The van der Waals surface area contributed by atoms with E-state index in [-0.39, 0.29) is 0 Å². The molecule has 0 bridgehead atoms. The Morgan fingerprint density at radius 3 is 2.41 bits per heavy atom. The normalized spacial score (nSPS) is 18.0. The summed E-state index contributed by atoms with van der Waals surface area (Å²) in [7, 11) is 0. The van der Waals surface area contributed by atoms with Crippen LogP contribution in [0.5, 0.6) is 0 Å². The van der Waals surface area contributed by atoms with Gasteiger partial charge in [0.1, 0.15) is 0 Å². The highest BCUT2D eigenvalue weighted by Crippen LogP contribution is 2.42. The standard InChI is InChI=1S/C14H21ClN2/c1-4-14(5-2)8-17(9-14)13-7-11(15)12(16)6-10(13)3/h6-7H,4-5,8-9,16H2,1-3H3. The fourth-order valence-corrected chi connectivity index (χ4v) is 2.82. The Morgan fingerprint density at radius 2 is 1.88 bits per heavy atom. The van der Waals surface area contributed by atoms with Crippen molar-refractivity contribution in [2.24, 2.45) is 5.41 Å². The molecule has 0 radical (unpaired) electrons. The monoisotopic (exact) mass is 252 g/mol. The van der Waals surface area contributed by atoms with Gasteiger partial charge in [0, 0.05) is 24.2 Å². The molecule has 0 atom stereocenters. The number of anilines is 2. The summed E-state index contributed by atoms with van der Waals surface area (Å²) in [6, 6.07) is 3.97. The molecule has 0 aliphatic carbocycles. The molecule has 1 heterocycles. The molecule has 1 aromatic carbocycles. The summed E-state index contributed by atoms with van der Waals surface area (Å²) < 4.78 is 0. The van der Waals surface area contributed by atoms with Crippen molar-refractivity contribution in [3.63, 3.8) is 0 Å². The lowest BCUT2D eigenvalue weighted by molar-refractivity contribution is 0.194. The van der Waals surface area contributed by atoms with Gasteiger partial charge in [-0.2, -0.15) is 0 Å². The highest BCUT2D eigenvalue weighted by atomic mass is 35.5. The number of nitrogens with two attached hydrogens (primary N) is 1. The van der Waals surface area contributed by atoms with Crippen LogP contribution in [-0.2, 0) is 0 Å². The summed E-state index contributed by atoms with van der Waals surface area (Å²) in [6.45, 7) is 8.94. The minimum Gasteiger partial charge on any atom is -0.398 e. The minimum absolute atomic E-state index is 0.514. The number of nitrogen functional groups attached to an aromatic ring is 1. The number of rotatable bonds is 3. The van der Waals surface area contributed by atoms with Crippen molar-refractivity contribution in [2.75, 3.05) is 23.7 Å². The molecule has 3 heteroatoms. The van der Waals surface area contributed by atoms with E-state index in [2.05, 4.69) is 25.7 Å². The summed E-state index contributed by atoms with van der Waals surface area (Å²) in [4.78, 5) is 2.41. The molecule has 0 saturated carbocycles. The molecule has 1 aromatic rings. The van der Waals surface area contributed by atoms with Crippen LogP contribution in [0.4, 0.5) is 11.4 Å². The Kier molecular flexibility index (Phi) is 3.26. The topological polar surface area (TPSA) is 29.3 Å². The largest absolute Gasteiger partial charge is 0.398 e. The summed E-state index contributed by atoms with van der Waals surface area (Å²) in [6.07, 6.45) is 2.50. The molecule has 1 aliphatic rings. The summed E-state index contributed by atoms with van der Waals surface area (Å²) >= 11 is 6.10. The van der Waals surface area contributed by atoms with Gasteiger partial charge in [0.05, 0.1) is 10.7 Å². The van der Waals surface area contributed by atoms with Gasteiger partial charge in [0.15, 0.2) is 0 Å². The van der Waals surface area contributed by atoms with Crippen molar-refractivity contribution in [1.29, 1.82) is 0 Å². The van der Waals surface area contributed by atoms with Crippen molar-refractivity contribution in [2.45, 2.75) is 33.6 Å². The van der Waals surface area contributed by atoms with Crippen molar-refractivity contribution in [3.8, 4) is 0 Å². The van der Waals surface area contributed by atoms with E-state index in [1.165, 1.54) is 24.1 Å². The van der Waals surface area contributed by atoms with E-state index in [1.807, 2.05) is 12.1 Å². The molecule has 0 spiro atoms. The lowest BCUT2D eigenvalue weighted by atomic mass is 9.75. The van der Waals surface area contributed by atoms with Crippen LogP contribution in [0.25, 0.3) is 0 Å². The first kappa shape index (κ1) is 12.6. The van der Waals surface area contributed by atoms with E-state index in [0.717, 1.165) is 13.1 Å². The zero-order valence-electron chi connectivity index (χ0n) is 10.9. The average molecular weight is 253 g/mol. The highest BCUT2D eigenvalue weighted by Gasteiger charge is 2.40. The first-order valence-corrected chi connectivity index (χ1v) is 6.69. The van der Waals surface area contributed by atoms with Crippen molar-refractivity contribution >= 4 is 23.0 Å². The number of nitrogens with zero attached hydrogens (tertiary/aromatic N) is 1. The number of benzene rings is 1. The maximum Gasteiger partial charge on any atom is 0.0656 e. The van der Waals surface area contributed by atoms with Gasteiger partial charge < -0.3 is 10.6 Å². The number of aryl methyl sites for hydroxylation is 1. The Balaban J connectivity index is 2.19. The summed E-state index contributed by atoms with van der Waals surface area (Å²) in [5.74, 6) is 0. The second-order valence-corrected chi connectivity index (χ2v) is 5.63. The predicted octanol–water partition coefficient (Wildman–Crippen LogP) is 3.86. The molecule has 2 nitrogen and oxygen atoms in total. The number of hydrogen-bond acceptors (Lipinski definition) is 2. The molecule has 2 rings (SSSR count). The van der Waals surface area contributed by atoms with Gasteiger partial charge in [-0.15, -0.1) is 0 Å². The molecule has 17 heavy (non-hydrogen) atoms. The van der Waals surface area contributed by atoms with Crippen LogP contribution in [0.15, 0.2) is 12.1 Å². The van der Waals surface area contributed by atoms with Crippen LogP contribution in [0, 0.1) is 12.3 Å². The average Bonchev–Trinajstić information content (AvgIpc) is 2.25. The molecule has 1 saturated heterocycles. The van der Waals surface area contributed by atoms with Crippen LogP contribution in [0.2, 0.25) is 5.02 Å². The molecule has 0 unspecified atom stereocenters. The molecule has 0 amide bonds. The lowest BCUT2D eigenvalue weighted by Crippen LogP contribution is -2.56. The lowest BCUT2D eigenvalue weighted by Gasteiger charge is -2.51. The van der Waals surface area contributed by atoms with Gasteiger partial charge in [-0.1, -0.05) is 25.4 Å². The zero-order valence-corrected chi connectivity index (χ0v) is 11.6. The molecule has 94 valence electrons. The fraction of sp³-hybridized carbons (Fsp3) is 0.571. The highest BCUT2D eigenvalue weighted by molar-refractivity contribution is 6.33. The molecular weight excluding hydrogens is 232 g/mol. The number of halogens is 1. The first-order valence-electron chi connectivity index (χ1n) is 6.32. The second-order valence-electron chi connectivity index (χ2n) is 5.22.